The Labute approximate surface area is 116 Å². The number of nitrogens with zero attached hydrogens (tertiary/aromatic N) is 1. The van der Waals surface area contributed by atoms with Gasteiger partial charge in [-0.25, -0.2) is 4.39 Å². The van der Waals surface area contributed by atoms with Crippen molar-refractivity contribution in [1.82, 2.24) is 10.2 Å². The third-order valence-corrected chi connectivity index (χ3v) is 4.67. The Balaban J connectivity index is 1.77. The number of hydrogen-bond donors (Lipinski definition) is 1. The van der Waals surface area contributed by atoms with Crippen LogP contribution in [0.5, 0.6) is 0 Å². The van der Waals surface area contributed by atoms with Gasteiger partial charge in [0.15, 0.2) is 0 Å². The van der Waals surface area contributed by atoms with E-state index in [9.17, 15) is 4.39 Å². The van der Waals surface area contributed by atoms with Crippen molar-refractivity contribution < 1.29 is 4.39 Å². The Bertz CT molecular complexity index is 438. The predicted molar refractivity (Wildman–Crippen MR) is 73.9 cm³/mol. The minimum Gasteiger partial charge on any atom is -0.315 e. The quantitative estimate of drug-likeness (QED) is 0.903. The van der Waals surface area contributed by atoms with Crippen molar-refractivity contribution in [3.05, 3.63) is 34.1 Å². The van der Waals surface area contributed by atoms with Crippen LogP contribution in [0.1, 0.15) is 18.4 Å². The van der Waals surface area contributed by atoms with Gasteiger partial charge in [-0.15, -0.1) is 0 Å². The molecule has 2 saturated heterocycles. The van der Waals surface area contributed by atoms with Gasteiger partial charge in [-0.1, -0.05) is 15.9 Å². The first-order valence-electron chi connectivity index (χ1n) is 6.63. The number of rotatable bonds is 2. The van der Waals surface area contributed by atoms with Gasteiger partial charge >= 0.3 is 0 Å². The van der Waals surface area contributed by atoms with Crippen LogP contribution in [0.25, 0.3) is 0 Å². The summed E-state index contributed by atoms with van der Waals surface area (Å²) in [5.41, 5.74) is 0.803. The van der Waals surface area contributed by atoms with Gasteiger partial charge in [0.2, 0.25) is 0 Å². The normalized spacial score (nSPS) is 28.3. The molecule has 18 heavy (non-hydrogen) atoms. The van der Waals surface area contributed by atoms with E-state index in [0.29, 0.717) is 6.04 Å². The van der Waals surface area contributed by atoms with E-state index in [1.807, 2.05) is 6.07 Å². The van der Waals surface area contributed by atoms with Crippen LogP contribution in [0, 0.1) is 11.7 Å². The van der Waals surface area contributed by atoms with Crippen LogP contribution in [0.3, 0.4) is 0 Å². The lowest BCUT2D eigenvalue weighted by molar-refractivity contribution is 0.116. The van der Waals surface area contributed by atoms with E-state index in [1.165, 1.54) is 12.8 Å². The molecule has 2 nitrogen and oxygen atoms in total. The first kappa shape index (κ1) is 12.6. The van der Waals surface area contributed by atoms with E-state index in [1.54, 1.807) is 12.1 Å². The molecule has 1 aromatic rings. The minimum absolute atomic E-state index is 0.0914. The highest BCUT2D eigenvalue weighted by atomic mass is 79.9. The molecule has 2 heterocycles. The average molecular weight is 313 g/mol. The Morgan fingerprint density at radius 2 is 2.28 bits per heavy atom. The summed E-state index contributed by atoms with van der Waals surface area (Å²) in [7, 11) is 0. The summed E-state index contributed by atoms with van der Waals surface area (Å²) in [6.45, 7) is 4.01. The number of hydrogen-bond acceptors (Lipinski definition) is 2. The largest absolute Gasteiger partial charge is 0.315 e. The molecule has 0 amide bonds. The third-order valence-electron chi connectivity index (χ3n) is 4.17. The van der Waals surface area contributed by atoms with Crippen LogP contribution in [0.4, 0.5) is 4.39 Å². The van der Waals surface area contributed by atoms with Crippen molar-refractivity contribution in [2.45, 2.75) is 25.4 Å². The smallest absolute Gasteiger partial charge is 0.127 e. The molecule has 2 unspecified atom stereocenters. The Morgan fingerprint density at radius 3 is 3.17 bits per heavy atom. The first-order valence-corrected chi connectivity index (χ1v) is 7.42. The zero-order valence-corrected chi connectivity index (χ0v) is 11.9. The highest BCUT2D eigenvalue weighted by Crippen LogP contribution is 2.28. The van der Waals surface area contributed by atoms with Gasteiger partial charge in [-0.05, 0) is 50.0 Å². The van der Waals surface area contributed by atoms with Crippen LogP contribution in [0.15, 0.2) is 22.7 Å². The summed E-state index contributed by atoms with van der Waals surface area (Å²) in [6.07, 6.45) is 2.55. The molecule has 0 aliphatic carbocycles. The van der Waals surface area contributed by atoms with Crippen LogP contribution in [-0.4, -0.2) is 30.6 Å². The van der Waals surface area contributed by atoms with Crippen molar-refractivity contribution in [3.8, 4) is 0 Å². The number of benzene rings is 1. The van der Waals surface area contributed by atoms with Gasteiger partial charge in [-0.3, -0.25) is 4.90 Å². The molecule has 2 aliphatic rings. The van der Waals surface area contributed by atoms with Crippen molar-refractivity contribution in [2.24, 2.45) is 5.92 Å². The zero-order chi connectivity index (χ0) is 12.5. The highest BCUT2D eigenvalue weighted by Gasteiger charge is 2.34. The number of piperidine rings is 1. The maximum absolute atomic E-state index is 13.8. The summed E-state index contributed by atoms with van der Waals surface area (Å²) in [5.74, 6) is 0.667. The summed E-state index contributed by atoms with van der Waals surface area (Å²) >= 11 is 3.42. The van der Waals surface area contributed by atoms with Crippen LogP contribution in [0.2, 0.25) is 0 Å². The summed E-state index contributed by atoms with van der Waals surface area (Å²) in [4.78, 5) is 2.44. The molecule has 2 fully saturated rings. The summed E-state index contributed by atoms with van der Waals surface area (Å²) < 4.78 is 14.8. The number of fused-ring (bicyclic) bond motifs is 1. The molecule has 0 spiro atoms. The van der Waals surface area contributed by atoms with Crippen LogP contribution >= 0.6 is 15.9 Å². The summed E-state index contributed by atoms with van der Waals surface area (Å²) in [5, 5.41) is 3.46. The fourth-order valence-electron chi connectivity index (χ4n) is 3.24. The first-order chi connectivity index (χ1) is 8.74. The Morgan fingerprint density at radius 1 is 1.39 bits per heavy atom. The molecule has 98 valence electrons. The number of likely N-dealkylation sites (tertiary alicyclic amines) is 1. The fourth-order valence-corrected chi connectivity index (χ4v) is 3.65. The molecule has 0 radical (unpaired) electrons. The van der Waals surface area contributed by atoms with Gasteiger partial charge in [-0.2, -0.15) is 0 Å². The molecule has 1 N–H and O–H groups in total. The Hall–Kier alpha value is -0.450. The predicted octanol–water partition coefficient (Wildman–Crippen LogP) is 2.77. The van der Waals surface area contributed by atoms with E-state index in [4.69, 9.17) is 0 Å². The van der Waals surface area contributed by atoms with Crippen LogP contribution < -0.4 is 5.32 Å². The second-order valence-electron chi connectivity index (χ2n) is 5.33. The molecular weight excluding hydrogens is 295 g/mol. The van der Waals surface area contributed by atoms with Crippen molar-refractivity contribution in [3.63, 3.8) is 0 Å². The minimum atomic E-state index is -0.0914. The molecule has 3 rings (SSSR count). The average Bonchev–Trinajstić information content (AvgIpc) is 2.83. The second kappa shape index (κ2) is 5.27. The number of nitrogens with one attached hydrogen (secondary N) is 1. The third kappa shape index (κ3) is 2.46. The van der Waals surface area contributed by atoms with Gasteiger partial charge in [0.25, 0.3) is 0 Å². The van der Waals surface area contributed by atoms with E-state index < -0.39 is 0 Å². The van der Waals surface area contributed by atoms with Gasteiger partial charge in [0.05, 0.1) is 0 Å². The zero-order valence-electron chi connectivity index (χ0n) is 10.3. The van der Waals surface area contributed by atoms with Gasteiger partial charge < -0.3 is 5.32 Å². The van der Waals surface area contributed by atoms with Crippen molar-refractivity contribution >= 4 is 15.9 Å². The van der Waals surface area contributed by atoms with Gasteiger partial charge in [0.1, 0.15) is 5.82 Å². The van der Waals surface area contributed by atoms with Gasteiger partial charge in [0, 0.05) is 29.2 Å². The topological polar surface area (TPSA) is 15.3 Å². The summed E-state index contributed by atoms with van der Waals surface area (Å²) in [6, 6.07) is 5.81. The molecule has 2 atom stereocenters. The van der Waals surface area contributed by atoms with Crippen molar-refractivity contribution in [2.75, 3.05) is 19.6 Å². The molecule has 1 aromatic carbocycles. The highest BCUT2D eigenvalue weighted by molar-refractivity contribution is 9.10. The lowest BCUT2D eigenvalue weighted by Crippen LogP contribution is -2.44. The lowest BCUT2D eigenvalue weighted by atomic mass is 9.91. The van der Waals surface area contributed by atoms with Crippen LogP contribution in [-0.2, 0) is 6.54 Å². The monoisotopic (exact) mass is 312 g/mol. The maximum Gasteiger partial charge on any atom is 0.127 e. The fraction of sp³-hybridized carbons (Fsp3) is 0.571. The maximum atomic E-state index is 13.8. The molecule has 0 aromatic heterocycles. The molecule has 0 bridgehead atoms. The molecule has 4 heteroatoms. The SMILES string of the molecule is Fc1ccc(Br)cc1CN1CCCC2CNCC21. The van der Waals surface area contributed by atoms with E-state index in [2.05, 4.69) is 26.1 Å². The Kier molecular flexibility index (Phi) is 3.68. The molecular formula is C14H18BrFN2. The number of halogens is 2. The molecule has 0 saturated carbocycles. The van der Waals surface area contributed by atoms with E-state index in [0.717, 1.165) is 42.1 Å². The van der Waals surface area contributed by atoms with E-state index >= 15 is 0 Å². The lowest BCUT2D eigenvalue weighted by Gasteiger charge is -2.37. The second-order valence-corrected chi connectivity index (χ2v) is 6.25. The van der Waals surface area contributed by atoms with Crippen molar-refractivity contribution in [1.29, 1.82) is 0 Å². The van der Waals surface area contributed by atoms with E-state index in [-0.39, 0.29) is 5.82 Å². The molecule has 2 aliphatic heterocycles. The standard InChI is InChI=1S/C14H18BrFN2/c15-12-3-4-13(16)11(6-12)9-18-5-1-2-10-7-17-8-14(10)18/h3-4,6,10,14,17H,1-2,5,7-9H2.